The van der Waals surface area contributed by atoms with Crippen molar-refractivity contribution >= 4 is 32.7 Å². The van der Waals surface area contributed by atoms with Crippen LogP contribution in [-0.2, 0) is 0 Å². The summed E-state index contributed by atoms with van der Waals surface area (Å²) in [7, 11) is 0. The molecule has 0 saturated carbocycles. The molecule has 0 radical (unpaired) electrons. The van der Waals surface area contributed by atoms with Gasteiger partial charge in [0.05, 0.1) is 5.56 Å². The van der Waals surface area contributed by atoms with Crippen molar-refractivity contribution in [3.63, 3.8) is 0 Å². The van der Waals surface area contributed by atoms with Crippen molar-refractivity contribution in [2.24, 2.45) is 0 Å². The highest BCUT2D eigenvalue weighted by Crippen LogP contribution is 2.30. The molecule has 1 aliphatic rings. The zero-order valence-electron chi connectivity index (χ0n) is 15.1. The second-order valence-corrected chi connectivity index (χ2v) is 7.56. The molecule has 1 aromatic carbocycles. The maximum Gasteiger partial charge on any atom is 0.573 e. The average molecular weight is 422 g/mol. The third kappa shape index (κ3) is 4.58. The minimum absolute atomic E-state index is 0.134. The fraction of sp³-hybridized carbons (Fsp3) is 0.316. The van der Waals surface area contributed by atoms with Crippen molar-refractivity contribution in [3.05, 3.63) is 48.2 Å². The number of benzene rings is 1. The molecular formula is C19H17F3N4O2S. The number of aromatic nitrogens is 2. The number of hydrogen-bond acceptors (Lipinski definition) is 6. The van der Waals surface area contributed by atoms with E-state index in [0.717, 1.165) is 21.5 Å². The van der Waals surface area contributed by atoms with Gasteiger partial charge in [0.2, 0.25) is 0 Å². The fourth-order valence-corrected chi connectivity index (χ4v) is 4.20. The van der Waals surface area contributed by atoms with Gasteiger partial charge in [-0.2, -0.15) is 0 Å². The van der Waals surface area contributed by atoms with Crippen molar-refractivity contribution < 1.29 is 22.7 Å². The van der Waals surface area contributed by atoms with Crippen molar-refractivity contribution in [1.82, 2.24) is 15.3 Å². The Balaban J connectivity index is 1.38. The van der Waals surface area contributed by atoms with E-state index in [1.54, 1.807) is 6.20 Å². The highest BCUT2D eigenvalue weighted by atomic mass is 32.1. The lowest BCUT2D eigenvalue weighted by Gasteiger charge is -2.32. The SMILES string of the molecule is O=C(NC1CCN(c2nc3cccnc3s2)CC1)c1ccccc1OC(F)(F)F. The molecule has 0 aliphatic carbocycles. The van der Waals surface area contributed by atoms with Gasteiger partial charge in [-0.25, -0.2) is 9.97 Å². The van der Waals surface area contributed by atoms with Crippen LogP contribution in [0.3, 0.4) is 0 Å². The van der Waals surface area contributed by atoms with Gasteiger partial charge in [-0.15, -0.1) is 13.2 Å². The lowest BCUT2D eigenvalue weighted by atomic mass is 10.0. The number of carbonyl (C=O) groups excluding carboxylic acids is 1. The Morgan fingerprint density at radius 1 is 1.17 bits per heavy atom. The minimum Gasteiger partial charge on any atom is -0.405 e. The predicted octanol–water partition coefficient (Wildman–Crippen LogP) is 3.99. The molecule has 3 heterocycles. The van der Waals surface area contributed by atoms with Crippen LogP contribution in [0.1, 0.15) is 23.2 Å². The first kappa shape index (κ1) is 19.4. The number of carbonyl (C=O) groups is 1. The van der Waals surface area contributed by atoms with Crippen LogP contribution in [0.15, 0.2) is 42.6 Å². The summed E-state index contributed by atoms with van der Waals surface area (Å²) in [5, 5.41) is 3.70. The fourth-order valence-electron chi connectivity index (χ4n) is 3.24. The Morgan fingerprint density at radius 3 is 2.66 bits per heavy atom. The molecule has 0 spiro atoms. The summed E-state index contributed by atoms with van der Waals surface area (Å²) in [5.74, 6) is -1.08. The summed E-state index contributed by atoms with van der Waals surface area (Å²) in [5.41, 5.74) is 0.716. The summed E-state index contributed by atoms with van der Waals surface area (Å²) >= 11 is 1.52. The van der Waals surface area contributed by atoms with Crippen molar-refractivity contribution in [2.75, 3.05) is 18.0 Å². The maximum atomic E-state index is 12.6. The molecule has 1 N–H and O–H groups in total. The second kappa shape index (κ2) is 7.86. The van der Waals surface area contributed by atoms with Crippen LogP contribution in [0.25, 0.3) is 10.3 Å². The summed E-state index contributed by atoms with van der Waals surface area (Å²) < 4.78 is 41.6. The van der Waals surface area contributed by atoms with E-state index in [1.165, 1.54) is 29.5 Å². The number of pyridine rings is 1. The zero-order valence-corrected chi connectivity index (χ0v) is 16.0. The molecule has 152 valence electrons. The molecule has 2 aromatic heterocycles. The maximum absolute atomic E-state index is 12.6. The molecule has 1 amide bonds. The number of hydrogen-bond donors (Lipinski definition) is 1. The smallest absolute Gasteiger partial charge is 0.405 e. The largest absolute Gasteiger partial charge is 0.573 e. The first-order valence-corrected chi connectivity index (χ1v) is 9.83. The van der Waals surface area contributed by atoms with Gasteiger partial charge in [0.15, 0.2) is 5.13 Å². The Kier molecular flexibility index (Phi) is 5.27. The number of anilines is 1. The number of fused-ring (bicyclic) bond motifs is 1. The van der Waals surface area contributed by atoms with Gasteiger partial charge < -0.3 is 15.0 Å². The van der Waals surface area contributed by atoms with Crippen molar-refractivity contribution in [1.29, 1.82) is 0 Å². The lowest BCUT2D eigenvalue weighted by Crippen LogP contribution is -2.44. The summed E-state index contributed by atoms with van der Waals surface area (Å²) in [6, 6.07) is 8.96. The van der Waals surface area contributed by atoms with Crippen LogP contribution in [0, 0.1) is 0 Å². The molecule has 4 rings (SSSR count). The molecule has 0 unspecified atom stereocenters. The van der Waals surface area contributed by atoms with E-state index < -0.39 is 18.0 Å². The van der Waals surface area contributed by atoms with Gasteiger partial charge in [0.25, 0.3) is 5.91 Å². The topological polar surface area (TPSA) is 67.4 Å². The highest BCUT2D eigenvalue weighted by Gasteiger charge is 2.33. The van der Waals surface area contributed by atoms with Gasteiger partial charge in [-0.3, -0.25) is 4.79 Å². The number of halogens is 3. The summed E-state index contributed by atoms with van der Waals surface area (Å²) in [6.45, 7) is 1.37. The molecule has 1 aliphatic heterocycles. The van der Waals surface area contributed by atoms with E-state index in [9.17, 15) is 18.0 Å². The minimum atomic E-state index is -4.85. The van der Waals surface area contributed by atoms with E-state index in [1.807, 2.05) is 12.1 Å². The first-order chi connectivity index (χ1) is 13.9. The summed E-state index contributed by atoms with van der Waals surface area (Å²) in [6.07, 6.45) is -1.80. The number of amides is 1. The van der Waals surface area contributed by atoms with Gasteiger partial charge in [-0.1, -0.05) is 23.5 Å². The lowest BCUT2D eigenvalue weighted by molar-refractivity contribution is -0.274. The van der Waals surface area contributed by atoms with Crippen LogP contribution in [-0.4, -0.2) is 41.4 Å². The molecule has 10 heteroatoms. The number of alkyl halides is 3. The van der Waals surface area contributed by atoms with Crippen molar-refractivity contribution in [3.8, 4) is 5.75 Å². The van der Waals surface area contributed by atoms with Crippen LogP contribution in [0.2, 0.25) is 0 Å². The number of nitrogens with one attached hydrogen (secondary N) is 1. The predicted molar refractivity (Wildman–Crippen MR) is 103 cm³/mol. The molecule has 0 bridgehead atoms. The zero-order chi connectivity index (χ0) is 20.4. The Bertz CT molecular complexity index is 983. The van der Waals surface area contributed by atoms with Crippen molar-refractivity contribution in [2.45, 2.75) is 25.2 Å². The number of thiazole rings is 1. The average Bonchev–Trinajstić information content (AvgIpc) is 3.12. The second-order valence-electron chi connectivity index (χ2n) is 6.60. The molecule has 3 aromatic rings. The van der Waals surface area contributed by atoms with E-state index in [2.05, 4.69) is 24.9 Å². The standard InChI is InChI=1S/C19H17F3N4O2S/c20-19(21,22)28-15-6-2-1-4-13(15)16(27)24-12-7-10-26(11-8-12)18-25-14-5-3-9-23-17(14)29-18/h1-6,9,12H,7-8,10-11H2,(H,24,27). The van der Waals surface area contributed by atoms with E-state index in [0.29, 0.717) is 25.9 Å². The molecular weight excluding hydrogens is 405 g/mol. The Hall–Kier alpha value is -2.88. The molecule has 6 nitrogen and oxygen atoms in total. The number of rotatable bonds is 4. The Morgan fingerprint density at radius 2 is 1.93 bits per heavy atom. The van der Waals surface area contributed by atoms with E-state index in [4.69, 9.17) is 0 Å². The van der Waals surface area contributed by atoms with Gasteiger partial charge >= 0.3 is 6.36 Å². The van der Waals surface area contributed by atoms with Gasteiger partial charge in [0, 0.05) is 25.3 Å². The quantitative estimate of drug-likeness (QED) is 0.689. The third-order valence-corrected chi connectivity index (χ3v) is 5.65. The first-order valence-electron chi connectivity index (χ1n) is 9.01. The highest BCUT2D eigenvalue weighted by molar-refractivity contribution is 7.21. The van der Waals surface area contributed by atoms with Crippen LogP contribution in [0.5, 0.6) is 5.75 Å². The van der Waals surface area contributed by atoms with Gasteiger partial charge in [0.1, 0.15) is 16.1 Å². The molecule has 29 heavy (non-hydrogen) atoms. The Labute approximate surface area is 168 Å². The summed E-state index contributed by atoms with van der Waals surface area (Å²) in [4.78, 5) is 24.4. The van der Waals surface area contributed by atoms with E-state index >= 15 is 0 Å². The molecule has 1 fully saturated rings. The van der Waals surface area contributed by atoms with Crippen LogP contribution >= 0.6 is 11.3 Å². The molecule has 0 atom stereocenters. The molecule has 1 saturated heterocycles. The normalized spacial score (nSPS) is 15.5. The number of ether oxygens (including phenoxy) is 1. The number of piperidine rings is 1. The van der Waals surface area contributed by atoms with E-state index in [-0.39, 0.29) is 11.6 Å². The monoisotopic (exact) mass is 422 g/mol. The number of nitrogens with zero attached hydrogens (tertiary/aromatic N) is 3. The third-order valence-electron chi connectivity index (χ3n) is 4.61. The number of para-hydroxylation sites is 1. The van der Waals surface area contributed by atoms with Crippen LogP contribution < -0.4 is 15.0 Å². The van der Waals surface area contributed by atoms with Gasteiger partial charge in [-0.05, 0) is 37.1 Å². The van der Waals surface area contributed by atoms with Crippen LogP contribution in [0.4, 0.5) is 18.3 Å².